The second-order valence-corrected chi connectivity index (χ2v) is 6.07. The summed E-state index contributed by atoms with van der Waals surface area (Å²) in [5, 5.41) is 12.8. The number of benzene rings is 1. The van der Waals surface area contributed by atoms with E-state index >= 15 is 0 Å². The summed E-state index contributed by atoms with van der Waals surface area (Å²) in [5.41, 5.74) is -0.123. The molecule has 1 aromatic carbocycles. The van der Waals surface area contributed by atoms with E-state index in [4.69, 9.17) is 0 Å². The molecule has 1 saturated carbocycles. The molecule has 1 atom stereocenters. The summed E-state index contributed by atoms with van der Waals surface area (Å²) in [5.74, 6) is -1.72. The quantitative estimate of drug-likeness (QED) is 0.885. The number of amides is 1. The minimum atomic E-state index is -0.976. The van der Waals surface area contributed by atoms with E-state index in [1.54, 1.807) is 24.5 Å². The Morgan fingerprint density at radius 3 is 2.54 bits per heavy atom. The Hall–Kier alpha value is -2.34. The van der Waals surface area contributed by atoms with Gasteiger partial charge in [0.05, 0.1) is 11.5 Å². The number of pyridine rings is 1. The summed E-state index contributed by atoms with van der Waals surface area (Å²) < 4.78 is 27.2. The predicted molar refractivity (Wildman–Crippen MR) is 84.1 cm³/mol. The van der Waals surface area contributed by atoms with E-state index in [9.17, 15) is 18.7 Å². The van der Waals surface area contributed by atoms with Crippen LogP contribution < -0.4 is 5.32 Å². The van der Waals surface area contributed by atoms with Crippen LogP contribution in [0.3, 0.4) is 0 Å². The normalized spacial score (nSPS) is 17.0. The molecule has 0 saturated heterocycles. The number of aromatic nitrogens is 1. The van der Waals surface area contributed by atoms with Crippen molar-refractivity contribution in [1.82, 2.24) is 10.3 Å². The van der Waals surface area contributed by atoms with Crippen LogP contribution in [0.25, 0.3) is 0 Å². The highest BCUT2D eigenvalue weighted by atomic mass is 19.1. The number of nitrogens with zero attached hydrogens (tertiary/aromatic N) is 1. The molecule has 0 unspecified atom stereocenters. The van der Waals surface area contributed by atoms with Crippen LogP contribution >= 0.6 is 0 Å². The SMILES string of the molecule is O=C(NC[C@H](O)c1ccncc1)C1(c2ccc(F)cc2F)CCC1. The highest BCUT2D eigenvalue weighted by molar-refractivity contribution is 5.89. The lowest BCUT2D eigenvalue weighted by molar-refractivity contribution is -0.130. The van der Waals surface area contributed by atoms with Crippen molar-refractivity contribution in [2.75, 3.05) is 6.54 Å². The molecule has 0 bridgehead atoms. The molecular formula is C18H18F2N2O2. The first-order valence-corrected chi connectivity index (χ1v) is 7.85. The zero-order chi connectivity index (χ0) is 17.2. The van der Waals surface area contributed by atoms with Crippen LogP contribution in [-0.4, -0.2) is 22.5 Å². The predicted octanol–water partition coefficient (Wildman–Crippen LogP) is 2.63. The van der Waals surface area contributed by atoms with Gasteiger partial charge in [-0.2, -0.15) is 0 Å². The van der Waals surface area contributed by atoms with E-state index in [1.165, 1.54) is 6.07 Å². The fraction of sp³-hybridized carbons (Fsp3) is 0.333. The maximum atomic E-state index is 14.1. The number of nitrogens with one attached hydrogen (secondary N) is 1. The van der Waals surface area contributed by atoms with Gasteiger partial charge in [-0.15, -0.1) is 0 Å². The Bertz CT molecular complexity index is 733. The van der Waals surface area contributed by atoms with Crippen molar-refractivity contribution in [3.63, 3.8) is 0 Å². The molecule has 2 N–H and O–H groups in total. The van der Waals surface area contributed by atoms with Gasteiger partial charge in [-0.3, -0.25) is 9.78 Å². The Balaban J connectivity index is 1.73. The molecule has 3 rings (SSSR count). The standard InChI is InChI=1S/C18H18F2N2O2/c19-13-2-3-14(15(20)10-13)18(6-1-7-18)17(24)22-11-16(23)12-4-8-21-9-5-12/h2-5,8-10,16,23H,1,6-7,11H2,(H,22,24)/t16-/m0/s1. The molecule has 0 spiro atoms. The molecule has 4 nitrogen and oxygen atoms in total. The first kappa shape index (κ1) is 16.5. The number of hydrogen-bond acceptors (Lipinski definition) is 3. The number of aliphatic hydroxyl groups excluding tert-OH is 1. The monoisotopic (exact) mass is 332 g/mol. The van der Waals surface area contributed by atoms with Crippen LogP contribution in [0.1, 0.15) is 36.5 Å². The van der Waals surface area contributed by atoms with Gasteiger partial charge in [0.2, 0.25) is 5.91 Å². The highest BCUT2D eigenvalue weighted by Gasteiger charge is 2.47. The van der Waals surface area contributed by atoms with Gasteiger partial charge in [-0.1, -0.05) is 12.5 Å². The average Bonchev–Trinajstić information content (AvgIpc) is 2.54. The number of halogens is 2. The summed E-state index contributed by atoms with van der Waals surface area (Å²) in [4.78, 5) is 16.5. The van der Waals surface area contributed by atoms with Gasteiger partial charge < -0.3 is 10.4 Å². The van der Waals surface area contributed by atoms with Crippen molar-refractivity contribution < 1.29 is 18.7 Å². The summed E-state index contributed by atoms with van der Waals surface area (Å²) in [6.45, 7) is 0.0212. The molecular weight excluding hydrogens is 314 g/mol. The minimum Gasteiger partial charge on any atom is -0.387 e. The molecule has 1 fully saturated rings. The topological polar surface area (TPSA) is 62.2 Å². The van der Waals surface area contributed by atoms with Crippen LogP contribution in [0.15, 0.2) is 42.7 Å². The van der Waals surface area contributed by atoms with Crippen LogP contribution in [0.5, 0.6) is 0 Å². The lowest BCUT2D eigenvalue weighted by atomic mass is 9.63. The van der Waals surface area contributed by atoms with E-state index in [0.29, 0.717) is 18.4 Å². The summed E-state index contributed by atoms with van der Waals surface area (Å²) in [6.07, 6.45) is 4.06. The van der Waals surface area contributed by atoms with Crippen molar-refractivity contribution >= 4 is 5.91 Å². The molecule has 1 aromatic heterocycles. The molecule has 6 heteroatoms. The average molecular weight is 332 g/mol. The number of rotatable bonds is 5. The summed E-state index contributed by atoms with van der Waals surface area (Å²) in [6, 6.07) is 6.62. The molecule has 24 heavy (non-hydrogen) atoms. The van der Waals surface area contributed by atoms with E-state index in [-0.39, 0.29) is 18.0 Å². The van der Waals surface area contributed by atoms with Crippen molar-refractivity contribution in [2.24, 2.45) is 0 Å². The van der Waals surface area contributed by atoms with Crippen LogP contribution in [0.2, 0.25) is 0 Å². The Morgan fingerprint density at radius 1 is 1.25 bits per heavy atom. The number of hydrogen-bond donors (Lipinski definition) is 2. The molecule has 0 aliphatic heterocycles. The molecule has 1 aliphatic rings. The molecule has 1 amide bonds. The van der Waals surface area contributed by atoms with Crippen LogP contribution in [-0.2, 0) is 10.2 Å². The first-order valence-electron chi connectivity index (χ1n) is 7.85. The Kier molecular flexibility index (Phi) is 4.57. The maximum Gasteiger partial charge on any atom is 0.230 e. The summed E-state index contributed by atoms with van der Waals surface area (Å²) in [7, 11) is 0. The van der Waals surface area contributed by atoms with Gasteiger partial charge in [0.15, 0.2) is 0 Å². The van der Waals surface area contributed by atoms with E-state index in [1.807, 2.05) is 0 Å². The first-order chi connectivity index (χ1) is 11.5. The minimum absolute atomic E-state index is 0.0212. The third-order valence-corrected chi connectivity index (χ3v) is 4.64. The lowest BCUT2D eigenvalue weighted by Crippen LogP contribution is -2.50. The maximum absolute atomic E-state index is 14.1. The van der Waals surface area contributed by atoms with E-state index in [2.05, 4.69) is 10.3 Å². The molecule has 126 valence electrons. The van der Waals surface area contributed by atoms with Gasteiger partial charge in [0.1, 0.15) is 11.6 Å². The Labute approximate surface area is 138 Å². The van der Waals surface area contributed by atoms with Gasteiger partial charge in [0.25, 0.3) is 0 Å². The smallest absolute Gasteiger partial charge is 0.230 e. The van der Waals surface area contributed by atoms with Crippen molar-refractivity contribution in [3.8, 4) is 0 Å². The number of aliphatic hydroxyl groups is 1. The van der Waals surface area contributed by atoms with Gasteiger partial charge >= 0.3 is 0 Å². The fourth-order valence-electron chi connectivity index (χ4n) is 3.09. The molecule has 2 aromatic rings. The van der Waals surface area contributed by atoms with Gasteiger partial charge in [-0.25, -0.2) is 8.78 Å². The van der Waals surface area contributed by atoms with Crippen LogP contribution in [0.4, 0.5) is 8.78 Å². The Morgan fingerprint density at radius 2 is 1.96 bits per heavy atom. The molecule has 0 radical (unpaired) electrons. The van der Waals surface area contributed by atoms with Crippen molar-refractivity contribution in [1.29, 1.82) is 0 Å². The second-order valence-electron chi connectivity index (χ2n) is 6.07. The third-order valence-electron chi connectivity index (χ3n) is 4.64. The van der Waals surface area contributed by atoms with E-state index < -0.39 is 23.2 Å². The van der Waals surface area contributed by atoms with Crippen LogP contribution in [0, 0.1) is 11.6 Å². The second kappa shape index (κ2) is 6.65. The molecule has 1 heterocycles. The zero-order valence-electron chi connectivity index (χ0n) is 13.0. The number of carbonyl (C=O) groups excluding carboxylic acids is 1. The number of carbonyl (C=O) groups is 1. The lowest BCUT2D eigenvalue weighted by Gasteiger charge is -2.41. The molecule has 1 aliphatic carbocycles. The van der Waals surface area contributed by atoms with Crippen molar-refractivity contribution in [2.45, 2.75) is 30.8 Å². The summed E-state index contributed by atoms with van der Waals surface area (Å²) >= 11 is 0. The van der Waals surface area contributed by atoms with Crippen molar-refractivity contribution in [3.05, 3.63) is 65.5 Å². The fourth-order valence-corrected chi connectivity index (χ4v) is 3.09. The van der Waals surface area contributed by atoms with E-state index in [0.717, 1.165) is 18.6 Å². The largest absolute Gasteiger partial charge is 0.387 e. The van der Waals surface area contributed by atoms with Gasteiger partial charge in [0, 0.05) is 30.6 Å². The zero-order valence-corrected chi connectivity index (χ0v) is 13.0. The third kappa shape index (κ3) is 3.01. The highest BCUT2D eigenvalue weighted by Crippen LogP contribution is 2.45. The van der Waals surface area contributed by atoms with Gasteiger partial charge in [-0.05, 0) is 36.6 Å².